The van der Waals surface area contributed by atoms with E-state index in [2.05, 4.69) is 11.9 Å². The van der Waals surface area contributed by atoms with Crippen molar-refractivity contribution in [1.29, 1.82) is 0 Å². The van der Waals surface area contributed by atoms with Gasteiger partial charge in [0.1, 0.15) is 12.4 Å². The van der Waals surface area contributed by atoms with Gasteiger partial charge in [-0.25, -0.2) is 0 Å². The van der Waals surface area contributed by atoms with Crippen LogP contribution in [0.3, 0.4) is 0 Å². The average Bonchev–Trinajstić information content (AvgIpc) is 2.93. The summed E-state index contributed by atoms with van der Waals surface area (Å²) in [4.78, 5) is 4.01. The maximum atomic E-state index is 6.11. The van der Waals surface area contributed by atoms with Crippen LogP contribution in [0.5, 0.6) is 0 Å². The monoisotopic (exact) mass is 246 g/mol. The van der Waals surface area contributed by atoms with Gasteiger partial charge < -0.3 is 14.9 Å². The number of hydrogen-bond acceptors (Lipinski definition) is 4. The lowest BCUT2D eigenvalue weighted by atomic mass is 10.0. The molecule has 4 nitrogen and oxygen atoms in total. The summed E-state index contributed by atoms with van der Waals surface area (Å²) in [6.45, 7) is 2.47. The first-order valence-electron chi connectivity index (χ1n) is 6.10. The largest absolute Gasteiger partial charge is 0.467 e. The first-order chi connectivity index (χ1) is 8.81. The molecule has 0 aliphatic rings. The topological polar surface area (TPSA) is 61.3 Å². The zero-order valence-corrected chi connectivity index (χ0v) is 10.5. The van der Waals surface area contributed by atoms with E-state index in [9.17, 15) is 0 Å². The minimum absolute atomic E-state index is 0.0395. The second kappa shape index (κ2) is 6.33. The fourth-order valence-corrected chi connectivity index (χ4v) is 1.80. The van der Waals surface area contributed by atoms with E-state index >= 15 is 0 Å². The van der Waals surface area contributed by atoms with Crippen molar-refractivity contribution in [3.05, 3.63) is 54.2 Å². The second-order valence-electron chi connectivity index (χ2n) is 4.16. The van der Waals surface area contributed by atoms with Crippen LogP contribution in [0.2, 0.25) is 0 Å². The molecule has 4 heteroatoms. The van der Waals surface area contributed by atoms with Gasteiger partial charge in [0.25, 0.3) is 0 Å². The van der Waals surface area contributed by atoms with E-state index < -0.39 is 0 Å². The quantitative estimate of drug-likeness (QED) is 0.851. The van der Waals surface area contributed by atoms with Crippen LogP contribution in [0.1, 0.15) is 30.8 Å². The van der Waals surface area contributed by atoms with Crippen molar-refractivity contribution >= 4 is 0 Å². The Hall–Kier alpha value is -1.65. The molecule has 2 rings (SSSR count). The summed E-state index contributed by atoms with van der Waals surface area (Å²) in [6, 6.07) is 7.56. The predicted octanol–water partition coefficient (Wildman–Crippen LogP) is 2.67. The molecule has 2 unspecified atom stereocenters. The maximum Gasteiger partial charge on any atom is 0.129 e. The van der Waals surface area contributed by atoms with Gasteiger partial charge in [-0.15, -0.1) is 0 Å². The highest BCUT2D eigenvalue weighted by atomic mass is 16.5. The van der Waals surface area contributed by atoms with Crippen molar-refractivity contribution in [3.8, 4) is 0 Å². The zero-order chi connectivity index (χ0) is 12.8. The van der Waals surface area contributed by atoms with E-state index in [1.807, 2.05) is 24.3 Å². The molecule has 0 aliphatic heterocycles. The minimum atomic E-state index is -0.136. The van der Waals surface area contributed by atoms with Crippen molar-refractivity contribution in [2.24, 2.45) is 5.73 Å². The smallest absolute Gasteiger partial charge is 0.129 e. The first-order valence-corrected chi connectivity index (χ1v) is 6.10. The van der Waals surface area contributed by atoms with E-state index in [4.69, 9.17) is 14.9 Å². The molecule has 0 amide bonds. The van der Waals surface area contributed by atoms with Gasteiger partial charge in [0.2, 0.25) is 0 Å². The molecular weight excluding hydrogens is 228 g/mol. The fourth-order valence-electron chi connectivity index (χ4n) is 1.80. The summed E-state index contributed by atoms with van der Waals surface area (Å²) in [5.41, 5.74) is 7.16. The Kier molecular flexibility index (Phi) is 4.50. The van der Waals surface area contributed by atoms with Crippen LogP contribution in [0, 0.1) is 0 Å². The van der Waals surface area contributed by atoms with Crippen LogP contribution in [-0.4, -0.2) is 11.0 Å². The van der Waals surface area contributed by atoms with Crippen LogP contribution in [0.25, 0.3) is 0 Å². The third kappa shape index (κ3) is 3.18. The molecule has 2 atom stereocenters. The number of aromatic nitrogens is 1. The Balaban J connectivity index is 2.06. The molecule has 18 heavy (non-hydrogen) atoms. The molecule has 0 aliphatic carbocycles. The molecule has 0 bridgehead atoms. The highest BCUT2D eigenvalue weighted by molar-refractivity contribution is 5.15. The van der Waals surface area contributed by atoms with E-state index in [0.717, 1.165) is 17.7 Å². The number of rotatable bonds is 6. The minimum Gasteiger partial charge on any atom is -0.467 e. The fraction of sp³-hybridized carbons (Fsp3) is 0.357. The van der Waals surface area contributed by atoms with Crippen molar-refractivity contribution in [2.45, 2.75) is 32.1 Å². The average molecular weight is 246 g/mol. The molecule has 0 spiro atoms. The third-order valence-corrected chi connectivity index (χ3v) is 2.88. The summed E-state index contributed by atoms with van der Waals surface area (Å²) >= 11 is 0. The molecule has 0 radical (unpaired) electrons. The molecule has 0 saturated heterocycles. The molecular formula is C14H18N2O2. The molecule has 96 valence electrons. The van der Waals surface area contributed by atoms with Gasteiger partial charge in [-0.1, -0.05) is 6.92 Å². The summed E-state index contributed by atoms with van der Waals surface area (Å²) < 4.78 is 11.1. The Morgan fingerprint density at radius 1 is 1.33 bits per heavy atom. The molecule has 0 saturated carbocycles. The van der Waals surface area contributed by atoms with E-state index in [-0.39, 0.29) is 12.1 Å². The Morgan fingerprint density at radius 3 is 2.72 bits per heavy atom. The number of pyridine rings is 1. The van der Waals surface area contributed by atoms with Gasteiger partial charge >= 0.3 is 0 Å². The highest BCUT2D eigenvalue weighted by Gasteiger charge is 2.19. The summed E-state index contributed by atoms with van der Waals surface area (Å²) in [7, 11) is 0. The number of nitrogens with two attached hydrogens (primary N) is 1. The van der Waals surface area contributed by atoms with Gasteiger partial charge in [-0.3, -0.25) is 4.98 Å². The summed E-state index contributed by atoms with van der Waals surface area (Å²) in [6.07, 6.45) is 5.86. The normalized spacial score (nSPS) is 14.3. The Bertz CT molecular complexity index is 442. The van der Waals surface area contributed by atoms with Crippen LogP contribution < -0.4 is 5.73 Å². The second-order valence-corrected chi connectivity index (χ2v) is 4.16. The number of nitrogens with zero attached hydrogens (tertiary/aromatic N) is 1. The van der Waals surface area contributed by atoms with Crippen LogP contribution in [0.15, 0.2) is 47.3 Å². The molecule has 2 heterocycles. The SMILES string of the molecule is CCC(N)C(OCc1ccco1)c1ccncc1. The standard InChI is InChI=1S/C14H18N2O2/c1-2-13(15)14(11-5-7-16-8-6-11)18-10-12-4-3-9-17-12/h3-9,13-14H,2,10,15H2,1H3. The Morgan fingerprint density at radius 2 is 2.11 bits per heavy atom. The van der Waals surface area contributed by atoms with Crippen molar-refractivity contribution in [2.75, 3.05) is 0 Å². The maximum absolute atomic E-state index is 6.11. The van der Waals surface area contributed by atoms with E-state index in [1.165, 1.54) is 0 Å². The molecule has 0 fully saturated rings. The van der Waals surface area contributed by atoms with Crippen LogP contribution >= 0.6 is 0 Å². The third-order valence-electron chi connectivity index (χ3n) is 2.88. The number of ether oxygens (including phenoxy) is 1. The van der Waals surface area contributed by atoms with Gasteiger partial charge in [0, 0.05) is 18.4 Å². The Labute approximate surface area is 107 Å². The van der Waals surface area contributed by atoms with Crippen molar-refractivity contribution in [3.63, 3.8) is 0 Å². The highest BCUT2D eigenvalue weighted by Crippen LogP contribution is 2.23. The number of hydrogen-bond donors (Lipinski definition) is 1. The number of furan rings is 1. The lowest BCUT2D eigenvalue weighted by Crippen LogP contribution is -2.29. The molecule has 0 aromatic carbocycles. The van der Waals surface area contributed by atoms with Crippen LogP contribution in [-0.2, 0) is 11.3 Å². The zero-order valence-electron chi connectivity index (χ0n) is 10.5. The van der Waals surface area contributed by atoms with Crippen molar-refractivity contribution < 1.29 is 9.15 Å². The van der Waals surface area contributed by atoms with Crippen LogP contribution in [0.4, 0.5) is 0 Å². The summed E-state index contributed by atoms with van der Waals surface area (Å²) in [5, 5.41) is 0. The van der Waals surface area contributed by atoms with Crippen molar-refractivity contribution in [1.82, 2.24) is 4.98 Å². The first kappa shape index (κ1) is 12.8. The van der Waals surface area contributed by atoms with E-state index in [1.54, 1.807) is 18.7 Å². The summed E-state index contributed by atoms with van der Waals surface area (Å²) in [5.74, 6) is 0.803. The molecule has 2 N–H and O–H groups in total. The van der Waals surface area contributed by atoms with E-state index in [0.29, 0.717) is 6.61 Å². The van der Waals surface area contributed by atoms with Gasteiger partial charge in [-0.2, -0.15) is 0 Å². The molecule has 2 aromatic rings. The van der Waals surface area contributed by atoms with Gasteiger partial charge in [0.05, 0.1) is 12.4 Å². The lowest BCUT2D eigenvalue weighted by molar-refractivity contribution is 0.0126. The predicted molar refractivity (Wildman–Crippen MR) is 68.7 cm³/mol. The van der Waals surface area contributed by atoms with Gasteiger partial charge in [0.15, 0.2) is 0 Å². The molecule has 2 aromatic heterocycles. The van der Waals surface area contributed by atoms with Gasteiger partial charge in [-0.05, 0) is 36.2 Å². The lowest BCUT2D eigenvalue weighted by Gasteiger charge is -2.23.